The van der Waals surface area contributed by atoms with E-state index >= 15 is 0 Å². The minimum atomic E-state index is -3.37. The van der Waals surface area contributed by atoms with E-state index in [1.165, 1.54) is 0 Å². The van der Waals surface area contributed by atoms with E-state index in [0.29, 0.717) is 25.6 Å². The van der Waals surface area contributed by atoms with Gasteiger partial charge in [-0.25, -0.2) is 4.72 Å². The Labute approximate surface area is 130 Å². The van der Waals surface area contributed by atoms with Crippen molar-refractivity contribution >= 4 is 10.2 Å². The Morgan fingerprint density at radius 3 is 2.57 bits per heavy atom. The summed E-state index contributed by atoms with van der Waals surface area (Å²) in [5.74, 6) is 0.412. The average Bonchev–Trinajstić information content (AvgIpc) is 2.36. The topological polar surface area (TPSA) is 64.7 Å². The van der Waals surface area contributed by atoms with Gasteiger partial charge in [-0.3, -0.25) is 0 Å². The minimum absolute atomic E-state index is 0.0866. The zero-order valence-electron chi connectivity index (χ0n) is 14.1. The summed E-state index contributed by atoms with van der Waals surface area (Å²) in [5, 5.41) is 3.14. The van der Waals surface area contributed by atoms with Crippen LogP contribution >= 0.6 is 0 Å². The zero-order valence-corrected chi connectivity index (χ0v) is 15.0. The van der Waals surface area contributed by atoms with Gasteiger partial charge in [0.15, 0.2) is 0 Å². The molecule has 1 unspecified atom stereocenters. The third kappa shape index (κ3) is 6.61. The molecule has 6 nitrogen and oxygen atoms in total. The molecule has 0 amide bonds. The smallest absolute Gasteiger partial charge is 0.279 e. The van der Waals surface area contributed by atoms with Gasteiger partial charge < -0.3 is 10.2 Å². The summed E-state index contributed by atoms with van der Waals surface area (Å²) < 4.78 is 29.3. The summed E-state index contributed by atoms with van der Waals surface area (Å²) in [6, 6.07) is 0. The normalized spacial score (nSPS) is 21.9. The van der Waals surface area contributed by atoms with Gasteiger partial charge in [-0.2, -0.15) is 12.7 Å². The van der Waals surface area contributed by atoms with E-state index in [0.717, 1.165) is 25.9 Å². The summed E-state index contributed by atoms with van der Waals surface area (Å²) >= 11 is 0. The highest BCUT2D eigenvalue weighted by molar-refractivity contribution is 7.87. The van der Waals surface area contributed by atoms with E-state index < -0.39 is 10.2 Å². The maximum atomic E-state index is 12.4. The second-order valence-corrected chi connectivity index (χ2v) is 8.91. The number of rotatable bonds is 8. The predicted molar refractivity (Wildman–Crippen MR) is 87.5 cm³/mol. The first kappa shape index (κ1) is 18.8. The van der Waals surface area contributed by atoms with Crippen LogP contribution in [0.2, 0.25) is 0 Å². The Bertz CT molecular complexity index is 407. The van der Waals surface area contributed by atoms with Crippen molar-refractivity contribution in [2.24, 2.45) is 11.3 Å². The third-order valence-corrected chi connectivity index (χ3v) is 5.31. The van der Waals surface area contributed by atoms with Crippen LogP contribution in [-0.2, 0) is 10.2 Å². The highest BCUT2D eigenvalue weighted by atomic mass is 32.2. The molecule has 0 aromatic heterocycles. The van der Waals surface area contributed by atoms with Gasteiger partial charge in [0.25, 0.3) is 10.2 Å². The van der Waals surface area contributed by atoms with E-state index in [2.05, 4.69) is 28.8 Å². The van der Waals surface area contributed by atoms with Crippen LogP contribution in [0.5, 0.6) is 0 Å². The van der Waals surface area contributed by atoms with Crippen LogP contribution < -0.4 is 10.0 Å². The van der Waals surface area contributed by atoms with E-state index in [-0.39, 0.29) is 5.41 Å². The van der Waals surface area contributed by atoms with Gasteiger partial charge in [0.2, 0.25) is 0 Å². The van der Waals surface area contributed by atoms with Crippen LogP contribution in [0.3, 0.4) is 0 Å². The molecule has 1 aliphatic rings. The Kier molecular flexibility index (Phi) is 7.06. The molecular weight excluding hydrogens is 288 g/mol. The molecule has 1 atom stereocenters. The average molecular weight is 321 g/mol. The summed E-state index contributed by atoms with van der Waals surface area (Å²) in [6.07, 6.45) is 2.04. The lowest BCUT2D eigenvalue weighted by Crippen LogP contribution is -2.50. The van der Waals surface area contributed by atoms with Gasteiger partial charge in [0, 0.05) is 26.2 Å². The summed E-state index contributed by atoms with van der Waals surface area (Å²) in [5.41, 5.74) is -0.0866. The van der Waals surface area contributed by atoms with Crippen LogP contribution in [0, 0.1) is 11.3 Å². The number of nitrogens with one attached hydrogen (secondary N) is 2. The van der Waals surface area contributed by atoms with Crippen molar-refractivity contribution in [1.29, 1.82) is 0 Å². The molecule has 21 heavy (non-hydrogen) atoms. The van der Waals surface area contributed by atoms with Crippen molar-refractivity contribution in [2.45, 2.75) is 26.7 Å². The first-order valence-corrected chi connectivity index (χ1v) is 9.14. The van der Waals surface area contributed by atoms with Gasteiger partial charge in [-0.15, -0.1) is 0 Å². The maximum absolute atomic E-state index is 12.4. The molecule has 0 aliphatic carbocycles. The molecule has 7 heteroatoms. The lowest BCUT2D eigenvalue weighted by atomic mass is 9.93. The zero-order chi connectivity index (χ0) is 16.1. The summed E-state index contributed by atoms with van der Waals surface area (Å²) in [6.45, 7) is 7.58. The summed E-state index contributed by atoms with van der Waals surface area (Å²) in [7, 11) is 2.55. The van der Waals surface area contributed by atoms with Crippen molar-refractivity contribution in [1.82, 2.24) is 19.2 Å². The lowest BCUT2D eigenvalue weighted by molar-refractivity contribution is 0.234. The van der Waals surface area contributed by atoms with Crippen LogP contribution in [0.1, 0.15) is 26.7 Å². The predicted octanol–water partition coefficient (Wildman–Crippen LogP) is 0.340. The Balaban J connectivity index is 2.56. The minimum Gasteiger partial charge on any atom is -0.319 e. The lowest BCUT2D eigenvalue weighted by Gasteiger charge is -2.34. The first-order chi connectivity index (χ1) is 9.66. The molecule has 2 N–H and O–H groups in total. The van der Waals surface area contributed by atoms with E-state index in [1.807, 2.05) is 21.1 Å². The quantitative estimate of drug-likeness (QED) is 0.677. The number of hydrogen-bond donors (Lipinski definition) is 2. The van der Waals surface area contributed by atoms with Crippen LogP contribution in [0.4, 0.5) is 0 Å². The van der Waals surface area contributed by atoms with Crippen molar-refractivity contribution in [3.8, 4) is 0 Å². The second-order valence-electron chi connectivity index (χ2n) is 7.15. The van der Waals surface area contributed by atoms with Crippen molar-refractivity contribution in [2.75, 3.05) is 53.9 Å². The highest BCUT2D eigenvalue weighted by Crippen LogP contribution is 2.19. The molecule has 1 saturated heterocycles. The Hall–Kier alpha value is -0.210. The number of piperidine rings is 1. The fourth-order valence-electron chi connectivity index (χ4n) is 2.99. The standard InChI is InChI=1S/C14H32N4O2S/c1-14(2,12-17(4)5)11-16-21(19,20)18-8-6-7-13(10-18)9-15-3/h13,15-16H,6-12H2,1-5H3. The van der Waals surface area contributed by atoms with Crippen molar-refractivity contribution in [3.63, 3.8) is 0 Å². The van der Waals surface area contributed by atoms with Gasteiger partial charge in [0.05, 0.1) is 0 Å². The SMILES string of the molecule is CNCC1CCCN(S(=O)(=O)NCC(C)(C)CN(C)C)C1. The van der Waals surface area contributed by atoms with E-state index in [9.17, 15) is 8.42 Å². The van der Waals surface area contributed by atoms with Crippen LogP contribution in [0.25, 0.3) is 0 Å². The molecule has 0 aromatic rings. The summed E-state index contributed by atoms with van der Waals surface area (Å²) in [4.78, 5) is 2.08. The van der Waals surface area contributed by atoms with Crippen molar-refractivity contribution < 1.29 is 8.42 Å². The monoisotopic (exact) mass is 320 g/mol. The van der Waals surface area contributed by atoms with E-state index in [4.69, 9.17) is 0 Å². The molecule has 1 rings (SSSR count). The van der Waals surface area contributed by atoms with Gasteiger partial charge in [-0.05, 0) is 51.9 Å². The largest absolute Gasteiger partial charge is 0.319 e. The number of hydrogen-bond acceptors (Lipinski definition) is 4. The van der Waals surface area contributed by atoms with Crippen LogP contribution in [0.15, 0.2) is 0 Å². The molecule has 0 spiro atoms. The van der Waals surface area contributed by atoms with Crippen LogP contribution in [-0.4, -0.2) is 71.5 Å². The molecule has 1 heterocycles. The molecule has 1 fully saturated rings. The molecule has 0 bridgehead atoms. The Morgan fingerprint density at radius 1 is 1.33 bits per heavy atom. The molecule has 0 saturated carbocycles. The molecule has 0 aromatic carbocycles. The third-order valence-electron chi connectivity index (χ3n) is 3.79. The molecule has 1 aliphatic heterocycles. The van der Waals surface area contributed by atoms with E-state index in [1.54, 1.807) is 4.31 Å². The second kappa shape index (κ2) is 7.87. The van der Waals surface area contributed by atoms with Gasteiger partial charge in [-0.1, -0.05) is 13.8 Å². The highest BCUT2D eigenvalue weighted by Gasteiger charge is 2.30. The van der Waals surface area contributed by atoms with Gasteiger partial charge >= 0.3 is 0 Å². The fourth-order valence-corrected chi connectivity index (χ4v) is 4.52. The fraction of sp³-hybridized carbons (Fsp3) is 1.00. The first-order valence-electron chi connectivity index (χ1n) is 7.70. The molecule has 126 valence electrons. The Morgan fingerprint density at radius 2 is 2.00 bits per heavy atom. The molecular formula is C14H32N4O2S. The van der Waals surface area contributed by atoms with Crippen molar-refractivity contribution in [3.05, 3.63) is 0 Å². The van der Waals surface area contributed by atoms with Gasteiger partial charge in [0.1, 0.15) is 0 Å². The number of nitrogens with zero attached hydrogens (tertiary/aromatic N) is 2. The maximum Gasteiger partial charge on any atom is 0.279 e. The molecule has 0 radical (unpaired) electrons.